The third-order valence-electron chi connectivity index (χ3n) is 6.16. The van der Waals surface area contributed by atoms with Gasteiger partial charge in [0, 0.05) is 17.7 Å². The molecule has 0 aliphatic carbocycles. The summed E-state index contributed by atoms with van der Waals surface area (Å²) in [5.41, 5.74) is 6.78. The first-order valence-electron chi connectivity index (χ1n) is 11.7. The fraction of sp³-hybridized carbons (Fsp3) is 0.259. The Hall–Kier alpha value is -3.76. The van der Waals surface area contributed by atoms with E-state index in [0.29, 0.717) is 11.1 Å². The zero-order chi connectivity index (χ0) is 26.8. The summed E-state index contributed by atoms with van der Waals surface area (Å²) in [5.74, 6) is -1.05. The van der Waals surface area contributed by atoms with Crippen LogP contribution in [0.3, 0.4) is 0 Å². The average molecular weight is 526 g/mol. The van der Waals surface area contributed by atoms with Crippen molar-refractivity contribution in [2.24, 2.45) is 10.7 Å². The molecule has 2 unspecified atom stereocenters. The van der Waals surface area contributed by atoms with E-state index in [4.69, 9.17) is 10.5 Å². The minimum absolute atomic E-state index is 0.0811. The molecule has 1 saturated heterocycles. The second-order valence-corrected chi connectivity index (χ2v) is 11.0. The van der Waals surface area contributed by atoms with Crippen LogP contribution in [-0.4, -0.2) is 37.7 Å². The number of aliphatic hydroxyl groups is 1. The number of hydrogen-bond acceptors (Lipinski definition) is 6. The SMILES string of the molecule is CC1(C)OC(=NC(CCO)c2ccccc2F)NS(=O)(=O)C1c1ccc(-c2cccc(C(N)=O)c2)cc1. The summed E-state index contributed by atoms with van der Waals surface area (Å²) in [5, 5.41) is 8.39. The van der Waals surface area contributed by atoms with Crippen LogP contribution in [-0.2, 0) is 14.8 Å². The van der Waals surface area contributed by atoms with Gasteiger partial charge in [-0.15, -0.1) is 0 Å². The number of ether oxygens (including phenoxy) is 1. The summed E-state index contributed by atoms with van der Waals surface area (Å²) in [7, 11) is -4.00. The lowest BCUT2D eigenvalue weighted by Gasteiger charge is -2.39. The molecule has 0 saturated carbocycles. The Morgan fingerprint density at radius 1 is 1.11 bits per heavy atom. The van der Waals surface area contributed by atoms with Crippen LogP contribution in [0.15, 0.2) is 77.8 Å². The molecule has 1 amide bonds. The van der Waals surface area contributed by atoms with Crippen molar-refractivity contribution in [1.29, 1.82) is 0 Å². The van der Waals surface area contributed by atoms with Gasteiger partial charge in [-0.3, -0.25) is 4.79 Å². The molecule has 1 heterocycles. The fourth-order valence-electron chi connectivity index (χ4n) is 4.51. The van der Waals surface area contributed by atoms with E-state index in [2.05, 4.69) is 9.71 Å². The van der Waals surface area contributed by atoms with Gasteiger partial charge in [0.2, 0.25) is 15.9 Å². The first-order valence-corrected chi connectivity index (χ1v) is 13.2. The van der Waals surface area contributed by atoms with E-state index in [9.17, 15) is 22.7 Å². The van der Waals surface area contributed by atoms with E-state index in [0.717, 1.165) is 11.1 Å². The molecular formula is C27H28FN3O5S. The van der Waals surface area contributed by atoms with Gasteiger partial charge in [0.05, 0.1) is 6.04 Å². The Balaban J connectivity index is 1.63. The van der Waals surface area contributed by atoms with Crippen molar-refractivity contribution in [1.82, 2.24) is 4.72 Å². The van der Waals surface area contributed by atoms with Gasteiger partial charge in [0.15, 0.2) is 0 Å². The number of nitrogens with two attached hydrogens (primary N) is 1. The molecule has 0 bridgehead atoms. The van der Waals surface area contributed by atoms with Crippen LogP contribution >= 0.6 is 0 Å². The number of carbonyl (C=O) groups excluding carboxylic acids is 1. The largest absolute Gasteiger partial charge is 0.457 e. The van der Waals surface area contributed by atoms with Crippen molar-refractivity contribution in [2.75, 3.05) is 6.61 Å². The number of carbonyl (C=O) groups is 1. The predicted molar refractivity (Wildman–Crippen MR) is 139 cm³/mol. The van der Waals surface area contributed by atoms with Crippen molar-refractivity contribution in [3.63, 3.8) is 0 Å². The molecule has 3 aromatic rings. The number of sulfonamides is 1. The quantitative estimate of drug-likeness (QED) is 0.431. The molecule has 8 nitrogen and oxygen atoms in total. The molecule has 3 aromatic carbocycles. The molecule has 0 spiro atoms. The van der Waals surface area contributed by atoms with Crippen molar-refractivity contribution < 1.29 is 27.4 Å². The van der Waals surface area contributed by atoms with Crippen LogP contribution in [0.1, 0.15) is 53.0 Å². The smallest absolute Gasteiger partial charge is 0.299 e. The van der Waals surface area contributed by atoms with E-state index in [-0.39, 0.29) is 24.6 Å². The lowest BCUT2D eigenvalue weighted by molar-refractivity contribution is 0.0758. The molecule has 1 aliphatic heterocycles. The maximum Gasteiger partial charge on any atom is 0.299 e. The highest BCUT2D eigenvalue weighted by Gasteiger charge is 2.48. The molecule has 1 fully saturated rings. The van der Waals surface area contributed by atoms with Crippen LogP contribution in [0.4, 0.5) is 4.39 Å². The van der Waals surface area contributed by atoms with Crippen molar-refractivity contribution in [2.45, 2.75) is 37.2 Å². The number of amides is 1. The van der Waals surface area contributed by atoms with Gasteiger partial charge in [0.25, 0.3) is 6.02 Å². The zero-order valence-corrected chi connectivity index (χ0v) is 21.2. The van der Waals surface area contributed by atoms with Gasteiger partial charge in [-0.05, 0) is 55.2 Å². The van der Waals surface area contributed by atoms with Crippen LogP contribution in [0, 0.1) is 5.82 Å². The molecule has 4 N–H and O–H groups in total. The van der Waals surface area contributed by atoms with Crippen molar-refractivity contribution in [3.8, 4) is 11.1 Å². The van der Waals surface area contributed by atoms with Crippen molar-refractivity contribution >= 4 is 22.0 Å². The highest BCUT2D eigenvalue weighted by atomic mass is 32.2. The van der Waals surface area contributed by atoms with Gasteiger partial charge in [0.1, 0.15) is 16.7 Å². The monoisotopic (exact) mass is 525 g/mol. The topological polar surface area (TPSA) is 131 Å². The molecule has 194 valence electrons. The number of benzene rings is 3. The van der Waals surface area contributed by atoms with Crippen LogP contribution < -0.4 is 10.5 Å². The summed E-state index contributed by atoms with van der Waals surface area (Å²) < 4.78 is 49.5. The summed E-state index contributed by atoms with van der Waals surface area (Å²) in [6.45, 7) is 3.00. The van der Waals surface area contributed by atoms with E-state index in [1.165, 1.54) is 18.2 Å². The summed E-state index contributed by atoms with van der Waals surface area (Å²) in [4.78, 5) is 15.8. The Morgan fingerprint density at radius 3 is 2.43 bits per heavy atom. The highest BCUT2D eigenvalue weighted by molar-refractivity contribution is 7.90. The van der Waals surface area contributed by atoms with Gasteiger partial charge < -0.3 is 15.6 Å². The average Bonchev–Trinajstić information content (AvgIpc) is 2.83. The summed E-state index contributed by atoms with van der Waals surface area (Å²) in [6, 6.07) is 18.6. The first kappa shape index (κ1) is 26.3. The molecule has 0 aromatic heterocycles. The Labute approximate surface area is 215 Å². The normalized spacial score (nSPS) is 20.0. The number of aliphatic hydroxyl groups excluding tert-OH is 1. The Bertz CT molecular complexity index is 1440. The minimum Gasteiger partial charge on any atom is -0.457 e. The third-order valence-corrected chi connectivity index (χ3v) is 8.08. The molecule has 1 aliphatic rings. The van der Waals surface area contributed by atoms with E-state index < -0.39 is 38.6 Å². The van der Waals surface area contributed by atoms with Gasteiger partial charge in [-0.1, -0.05) is 54.6 Å². The summed E-state index contributed by atoms with van der Waals surface area (Å²) in [6.07, 6.45) is 0.0811. The second-order valence-electron chi connectivity index (χ2n) is 9.28. The molecule has 10 heteroatoms. The van der Waals surface area contributed by atoms with E-state index >= 15 is 0 Å². The number of hydrogen-bond donors (Lipinski definition) is 3. The minimum atomic E-state index is -4.00. The lowest BCUT2D eigenvalue weighted by atomic mass is 9.95. The van der Waals surface area contributed by atoms with Crippen LogP contribution in [0.25, 0.3) is 11.1 Å². The Kier molecular flexibility index (Phi) is 7.33. The van der Waals surface area contributed by atoms with Gasteiger partial charge >= 0.3 is 0 Å². The van der Waals surface area contributed by atoms with Crippen molar-refractivity contribution in [3.05, 3.63) is 95.3 Å². The zero-order valence-electron chi connectivity index (χ0n) is 20.4. The lowest BCUT2D eigenvalue weighted by Crippen LogP contribution is -2.53. The number of aliphatic imine (C=N–C) groups is 1. The number of nitrogens with one attached hydrogen (secondary N) is 1. The molecule has 37 heavy (non-hydrogen) atoms. The number of primary amides is 1. The maximum atomic E-state index is 14.4. The third kappa shape index (κ3) is 5.65. The predicted octanol–water partition coefficient (Wildman–Crippen LogP) is 3.84. The molecule has 2 atom stereocenters. The molecule has 4 rings (SSSR count). The summed E-state index contributed by atoms with van der Waals surface area (Å²) >= 11 is 0. The van der Waals surface area contributed by atoms with E-state index in [1.54, 1.807) is 62.4 Å². The molecular weight excluding hydrogens is 497 g/mol. The molecule has 0 radical (unpaired) electrons. The van der Waals surface area contributed by atoms with Gasteiger partial charge in [-0.25, -0.2) is 22.5 Å². The van der Waals surface area contributed by atoms with E-state index in [1.807, 2.05) is 6.07 Å². The maximum absolute atomic E-state index is 14.4. The standard InChI is InChI=1S/C27H28FN3O5S/c1-27(2)24(18-12-10-17(11-13-18)19-6-5-7-20(16-19)25(29)33)37(34,35)31-26(36-27)30-23(14-15-32)21-8-3-4-9-22(21)28/h3-13,16,23-24,32H,14-15H2,1-2H3,(H2,29,33)(H,30,31). The Morgan fingerprint density at radius 2 is 1.81 bits per heavy atom. The highest BCUT2D eigenvalue weighted by Crippen LogP contribution is 2.39. The second kappa shape index (κ2) is 10.3. The van der Waals surface area contributed by atoms with Crippen LogP contribution in [0.5, 0.6) is 0 Å². The van der Waals surface area contributed by atoms with Gasteiger partial charge in [-0.2, -0.15) is 0 Å². The van der Waals surface area contributed by atoms with Crippen LogP contribution in [0.2, 0.25) is 0 Å². The number of nitrogens with zero attached hydrogens (tertiary/aromatic N) is 1. The number of halogens is 1. The fourth-order valence-corrected chi connectivity index (χ4v) is 6.28. The number of rotatable bonds is 7. The first-order chi connectivity index (χ1) is 17.5. The number of amidine groups is 1.